The molecule has 2 rings (SSSR count). The van der Waals surface area contributed by atoms with E-state index in [-0.39, 0.29) is 0 Å². The van der Waals surface area contributed by atoms with Gasteiger partial charge in [-0.1, -0.05) is 6.42 Å². The predicted octanol–water partition coefficient (Wildman–Crippen LogP) is 3.43. The van der Waals surface area contributed by atoms with Gasteiger partial charge in [0.2, 0.25) is 0 Å². The van der Waals surface area contributed by atoms with Crippen LogP contribution < -0.4 is 20.1 Å². The average molecular weight is 292 g/mol. The van der Waals surface area contributed by atoms with Crippen molar-refractivity contribution in [3.63, 3.8) is 0 Å². The van der Waals surface area contributed by atoms with Crippen molar-refractivity contribution in [3.8, 4) is 11.5 Å². The van der Waals surface area contributed by atoms with E-state index in [0.717, 1.165) is 30.2 Å². The summed E-state index contributed by atoms with van der Waals surface area (Å²) in [6.45, 7) is 6.02. The minimum Gasteiger partial charge on any atom is -0.493 e. The Kier molecular flexibility index (Phi) is 6.18. The first-order valence-corrected chi connectivity index (χ1v) is 8.03. The molecule has 1 aromatic rings. The van der Waals surface area contributed by atoms with Crippen LogP contribution in [-0.2, 0) is 0 Å². The minimum atomic E-state index is 0.434. The first kappa shape index (κ1) is 16.0. The second-order valence-corrected chi connectivity index (χ2v) is 5.73. The van der Waals surface area contributed by atoms with Gasteiger partial charge in [0.15, 0.2) is 11.5 Å². The molecular weight excluding hydrogens is 264 g/mol. The zero-order chi connectivity index (χ0) is 15.1. The van der Waals surface area contributed by atoms with Crippen LogP contribution >= 0.6 is 0 Å². The summed E-state index contributed by atoms with van der Waals surface area (Å²) in [4.78, 5) is 0. The Morgan fingerprint density at radius 1 is 1.33 bits per heavy atom. The van der Waals surface area contributed by atoms with E-state index in [4.69, 9.17) is 9.47 Å². The quantitative estimate of drug-likeness (QED) is 0.808. The summed E-state index contributed by atoms with van der Waals surface area (Å²) in [5, 5.41) is 7.16. The van der Waals surface area contributed by atoms with Crippen molar-refractivity contribution in [2.75, 3.05) is 25.6 Å². The summed E-state index contributed by atoms with van der Waals surface area (Å²) < 4.78 is 10.9. The summed E-state index contributed by atoms with van der Waals surface area (Å²) in [6.07, 6.45) is 5.10. The Morgan fingerprint density at radius 2 is 2.19 bits per heavy atom. The van der Waals surface area contributed by atoms with Gasteiger partial charge >= 0.3 is 0 Å². The topological polar surface area (TPSA) is 42.5 Å². The van der Waals surface area contributed by atoms with Crippen LogP contribution in [0.25, 0.3) is 0 Å². The fraction of sp³-hybridized carbons (Fsp3) is 0.647. The van der Waals surface area contributed by atoms with Crippen LogP contribution in [0.5, 0.6) is 11.5 Å². The Morgan fingerprint density at radius 3 is 2.86 bits per heavy atom. The van der Waals surface area contributed by atoms with Crippen LogP contribution in [0, 0.1) is 0 Å². The van der Waals surface area contributed by atoms with Gasteiger partial charge in [0.05, 0.1) is 13.7 Å². The molecule has 2 N–H and O–H groups in total. The first-order chi connectivity index (χ1) is 10.2. The first-order valence-electron chi connectivity index (χ1n) is 8.03. The summed E-state index contributed by atoms with van der Waals surface area (Å²) in [6, 6.07) is 7.10. The van der Waals surface area contributed by atoms with E-state index in [9.17, 15) is 0 Å². The largest absolute Gasteiger partial charge is 0.493 e. The second kappa shape index (κ2) is 8.13. The van der Waals surface area contributed by atoms with E-state index >= 15 is 0 Å². The molecular formula is C17H28N2O2. The van der Waals surface area contributed by atoms with Crippen molar-refractivity contribution in [1.82, 2.24) is 5.32 Å². The van der Waals surface area contributed by atoms with Crippen molar-refractivity contribution in [1.29, 1.82) is 0 Å². The molecule has 0 aliphatic carbocycles. The van der Waals surface area contributed by atoms with Gasteiger partial charge in [-0.3, -0.25) is 0 Å². The number of ether oxygens (including phenoxy) is 2. The number of anilines is 1. The highest BCUT2D eigenvalue weighted by atomic mass is 16.5. The maximum Gasteiger partial charge on any atom is 0.163 e. The van der Waals surface area contributed by atoms with E-state index in [1.54, 1.807) is 7.11 Å². The molecule has 1 heterocycles. The number of methoxy groups -OCH3 is 1. The lowest BCUT2D eigenvalue weighted by molar-refractivity contribution is 0.311. The third-order valence-corrected chi connectivity index (χ3v) is 3.93. The van der Waals surface area contributed by atoms with Gasteiger partial charge in [0, 0.05) is 23.8 Å². The number of hydrogen-bond donors (Lipinski definition) is 2. The summed E-state index contributed by atoms with van der Waals surface area (Å²) in [5.41, 5.74) is 1.09. The molecule has 0 saturated carbocycles. The van der Waals surface area contributed by atoms with Crippen LogP contribution in [0.1, 0.15) is 39.5 Å². The summed E-state index contributed by atoms with van der Waals surface area (Å²) >= 11 is 0. The molecule has 0 aromatic heterocycles. The smallest absolute Gasteiger partial charge is 0.163 e. The molecule has 118 valence electrons. The van der Waals surface area contributed by atoms with Crippen molar-refractivity contribution in [2.24, 2.45) is 0 Å². The van der Waals surface area contributed by atoms with Gasteiger partial charge in [0.1, 0.15) is 0 Å². The average Bonchev–Trinajstić information content (AvgIpc) is 2.49. The zero-order valence-corrected chi connectivity index (χ0v) is 13.4. The van der Waals surface area contributed by atoms with Crippen molar-refractivity contribution in [3.05, 3.63) is 18.2 Å². The van der Waals surface area contributed by atoms with Crippen LogP contribution in [0.15, 0.2) is 18.2 Å². The molecule has 0 spiro atoms. The van der Waals surface area contributed by atoms with Crippen molar-refractivity contribution in [2.45, 2.75) is 51.6 Å². The fourth-order valence-electron chi connectivity index (χ4n) is 2.93. The van der Waals surface area contributed by atoms with Crippen molar-refractivity contribution < 1.29 is 9.47 Å². The molecule has 0 bridgehead atoms. The molecule has 0 radical (unpaired) electrons. The van der Waals surface area contributed by atoms with Gasteiger partial charge in [-0.25, -0.2) is 0 Å². The molecule has 1 saturated heterocycles. The van der Waals surface area contributed by atoms with Gasteiger partial charge in [0.25, 0.3) is 0 Å². The van der Waals surface area contributed by atoms with Gasteiger partial charge in [-0.15, -0.1) is 0 Å². The molecule has 1 aromatic carbocycles. The number of rotatable bonds is 7. The third kappa shape index (κ3) is 4.81. The third-order valence-electron chi connectivity index (χ3n) is 3.93. The molecule has 21 heavy (non-hydrogen) atoms. The molecule has 4 nitrogen and oxygen atoms in total. The maximum absolute atomic E-state index is 5.62. The number of hydrogen-bond acceptors (Lipinski definition) is 4. The van der Waals surface area contributed by atoms with Crippen LogP contribution in [0.4, 0.5) is 5.69 Å². The highest BCUT2D eigenvalue weighted by Crippen LogP contribution is 2.30. The van der Waals surface area contributed by atoms with Gasteiger partial charge < -0.3 is 20.1 Å². The number of nitrogens with one attached hydrogen (secondary N) is 2. The lowest BCUT2D eigenvalue weighted by Gasteiger charge is -2.27. The van der Waals surface area contributed by atoms with Crippen LogP contribution in [0.2, 0.25) is 0 Å². The molecule has 0 amide bonds. The van der Waals surface area contributed by atoms with E-state index in [0.29, 0.717) is 18.7 Å². The van der Waals surface area contributed by atoms with E-state index in [2.05, 4.69) is 17.6 Å². The standard InChI is InChI=1S/C17H28N2O2/c1-4-21-17-12-15(8-9-16(17)20-3)19-13(2)11-14-7-5-6-10-18-14/h8-9,12-14,18-19H,4-7,10-11H2,1-3H3. The molecule has 2 unspecified atom stereocenters. The normalized spacial score (nSPS) is 19.9. The number of benzene rings is 1. The lowest BCUT2D eigenvalue weighted by Crippen LogP contribution is -2.37. The SMILES string of the molecule is CCOc1cc(NC(C)CC2CCCCN2)ccc1OC. The highest BCUT2D eigenvalue weighted by Gasteiger charge is 2.16. The minimum absolute atomic E-state index is 0.434. The van der Waals surface area contributed by atoms with Crippen molar-refractivity contribution >= 4 is 5.69 Å². The maximum atomic E-state index is 5.62. The molecule has 1 aliphatic rings. The second-order valence-electron chi connectivity index (χ2n) is 5.73. The van der Waals surface area contributed by atoms with E-state index < -0.39 is 0 Å². The summed E-state index contributed by atoms with van der Waals surface area (Å²) in [5.74, 6) is 1.58. The number of piperidine rings is 1. The predicted molar refractivity (Wildman–Crippen MR) is 87.5 cm³/mol. The molecule has 4 heteroatoms. The zero-order valence-electron chi connectivity index (χ0n) is 13.4. The highest BCUT2D eigenvalue weighted by molar-refractivity contribution is 5.55. The molecule has 1 aliphatic heterocycles. The fourth-order valence-corrected chi connectivity index (χ4v) is 2.93. The Bertz CT molecular complexity index is 431. The molecule has 1 fully saturated rings. The summed E-state index contributed by atoms with van der Waals surface area (Å²) in [7, 11) is 1.67. The molecule has 2 atom stereocenters. The van der Waals surface area contributed by atoms with E-state index in [1.807, 2.05) is 25.1 Å². The Labute approximate surface area is 128 Å². The Balaban J connectivity index is 1.93. The lowest BCUT2D eigenvalue weighted by atomic mass is 9.98. The van der Waals surface area contributed by atoms with Gasteiger partial charge in [-0.05, 0) is 51.8 Å². The van der Waals surface area contributed by atoms with E-state index in [1.165, 1.54) is 19.3 Å². The van der Waals surface area contributed by atoms with Gasteiger partial charge in [-0.2, -0.15) is 0 Å². The van der Waals surface area contributed by atoms with Crippen LogP contribution in [-0.4, -0.2) is 32.3 Å². The van der Waals surface area contributed by atoms with Crippen LogP contribution in [0.3, 0.4) is 0 Å². The monoisotopic (exact) mass is 292 g/mol. The Hall–Kier alpha value is -1.42.